The molecule has 0 fully saturated rings. The van der Waals surface area contributed by atoms with Gasteiger partial charge < -0.3 is 4.90 Å². The van der Waals surface area contributed by atoms with Gasteiger partial charge in [-0.1, -0.05) is 0 Å². The van der Waals surface area contributed by atoms with Crippen LogP contribution in [0.5, 0.6) is 0 Å². The molecule has 0 aromatic carbocycles. The summed E-state index contributed by atoms with van der Waals surface area (Å²) in [6.07, 6.45) is 1.88. The number of nitrogens with zero attached hydrogens (tertiary/aromatic N) is 4. The quantitative estimate of drug-likeness (QED) is 0.471. The highest BCUT2D eigenvalue weighted by Gasteiger charge is 2.34. The second kappa shape index (κ2) is 3.75. The van der Waals surface area contributed by atoms with E-state index in [4.69, 9.17) is 5.26 Å². The Morgan fingerprint density at radius 3 is 2.47 bits per heavy atom. The summed E-state index contributed by atoms with van der Waals surface area (Å²) in [6, 6.07) is 0.600. The van der Waals surface area contributed by atoms with Crippen LogP contribution in [0.4, 0.5) is 0 Å². The summed E-state index contributed by atoms with van der Waals surface area (Å²) < 4.78 is 0. The van der Waals surface area contributed by atoms with Gasteiger partial charge in [0.2, 0.25) is 6.04 Å². The molecule has 1 aliphatic rings. The zero-order chi connectivity index (χ0) is 11.6. The third kappa shape index (κ3) is 1.91. The van der Waals surface area contributed by atoms with Crippen LogP contribution < -0.4 is 0 Å². The van der Waals surface area contributed by atoms with Gasteiger partial charge in [0.1, 0.15) is 0 Å². The van der Waals surface area contributed by atoms with Crippen molar-refractivity contribution < 1.29 is 9.85 Å². The van der Waals surface area contributed by atoms with E-state index in [0.29, 0.717) is 0 Å². The first kappa shape index (κ1) is 10.6. The van der Waals surface area contributed by atoms with Crippen molar-refractivity contribution in [1.29, 1.82) is 5.26 Å². The molecule has 0 saturated carbocycles. The fourth-order valence-corrected chi connectivity index (χ4v) is 1.17. The molecular formula is C7H6N4O4. The van der Waals surface area contributed by atoms with E-state index in [9.17, 15) is 20.2 Å². The van der Waals surface area contributed by atoms with Crippen LogP contribution >= 0.6 is 0 Å². The normalized spacial score (nSPS) is 20.0. The third-order valence-electron chi connectivity index (χ3n) is 1.86. The Bertz CT molecular complexity index is 419. The van der Waals surface area contributed by atoms with Crippen LogP contribution in [0.25, 0.3) is 0 Å². The molecule has 0 aromatic rings. The topological polar surface area (TPSA) is 113 Å². The molecule has 8 heteroatoms. The maximum atomic E-state index is 10.5. The van der Waals surface area contributed by atoms with Crippen LogP contribution in [0.2, 0.25) is 0 Å². The zero-order valence-electron chi connectivity index (χ0n) is 7.65. The van der Waals surface area contributed by atoms with Crippen molar-refractivity contribution in [3.8, 4) is 6.07 Å². The molecule has 15 heavy (non-hydrogen) atoms. The van der Waals surface area contributed by atoms with Gasteiger partial charge in [0.05, 0.1) is 28.2 Å². The number of likely N-dealkylation sites (N-methyl/N-ethyl adjacent to an activating group) is 1. The molecule has 78 valence electrons. The largest absolute Gasteiger partial charge is 0.350 e. The van der Waals surface area contributed by atoms with Crippen molar-refractivity contribution in [3.63, 3.8) is 0 Å². The highest BCUT2D eigenvalue weighted by Crippen LogP contribution is 2.19. The van der Waals surface area contributed by atoms with Crippen molar-refractivity contribution in [2.75, 3.05) is 7.05 Å². The minimum atomic E-state index is -1.09. The van der Waals surface area contributed by atoms with E-state index in [2.05, 4.69) is 0 Å². The third-order valence-corrected chi connectivity index (χ3v) is 1.86. The van der Waals surface area contributed by atoms with E-state index < -0.39 is 27.3 Å². The number of hydrogen-bond acceptors (Lipinski definition) is 6. The Labute approximate surface area is 84.0 Å². The number of rotatable bonds is 2. The van der Waals surface area contributed by atoms with Crippen molar-refractivity contribution in [1.82, 2.24) is 4.90 Å². The van der Waals surface area contributed by atoms with Crippen molar-refractivity contribution in [2.45, 2.75) is 6.04 Å². The van der Waals surface area contributed by atoms with Gasteiger partial charge >= 0.3 is 0 Å². The van der Waals surface area contributed by atoms with Crippen LogP contribution in [0.15, 0.2) is 23.7 Å². The summed E-state index contributed by atoms with van der Waals surface area (Å²) in [4.78, 5) is 20.6. The van der Waals surface area contributed by atoms with E-state index in [-0.39, 0.29) is 0 Å². The molecule has 0 aliphatic carbocycles. The van der Waals surface area contributed by atoms with Crippen LogP contribution in [-0.4, -0.2) is 27.8 Å². The highest BCUT2D eigenvalue weighted by atomic mass is 16.6. The smallest absolute Gasteiger partial charge is 0.291 e. The predicted octanol–water partition coefficient (Wildman–Crippen LogP) is 0.103. The Kier molecular flexibility index (Phi) is 2.66. The Hall–Kier alpha value is -2.43. The van der Waals surface area contributed by atoms with Gasteiger partial charge in [-0.25, -0.2) is 0 Å². The minimum absolute atomic E-state index is 0.407. The molecule has 1 rings (SSSR count). The molecule has 0 N–H and O–H groups in total. The van der Waals surface area contributed by atoms with E-state index in [1.54, 1.807) is 6.07 Å². The molecule has 0 saturated heterocycles. The lowest BCUT2D eigenvalue weighted by atomic mass is 10.1. The van der Waals surface area contributed by atoms with E-state index in [1.165, 1.54) is 7.05 Å². The van der Waals surface area contributed by atoms with Gasteiger partial charge in [0.15, 0.2) is 0 Å². The molecule has 1 unspecified atom stereocenters. The first-order valence-corrected chi connectivity index (χ1v) is 3.81. The molecule has 0 amide bonds. The van der Waals surface area contributed by atoms with Crippen LogP contribution in [0.1, 0.15) is 0 Å². The van der Waals surface area contributed by atoms with Crippen LogP contribution in [-0.2, 0) is 0 Å². The van der Waals surface area contributed by atoms with Gasteiger partial charge in [0.25, 0.3) is 11.4 Å². The Morgan fingerprint density at radius 1 is 1.47 bits per heavy atom. The number of nitriles is 1. The minimum Gasteiger partial charge on any atom is -0.350 e. The van der Waals surface area contributed by atoms with Gasteiger partial charge in [-0.15, -0.1) is 0 Å². The standard InChI is InChI=1S/C7H6N4O4/c1-9-4-5(10(12)13)2-6(11(14)15)7(9)3-8/h2,4,7H,1H3. The molecule has 8 nitrogen and oxygen atoms in total. The lowest BCUT2D eigenvalue weighted by molar-refractivity contribution is -0.441. The van der Waals surface area contributed by atoms with Gasteiger partial charge in [-0.05, 0) is 0 Å². The second-order valence-electron chi connectivity index (χ2n) is 2.83. The second-order valence-corrected chi connectivity index (χ2v) is 2.83. The first-order chi connectivity index (χ1) is 6.97. The molecule has 0 radical (unpaired) electrons. The van der Waals surface area contributed by atoms with Crippen LogP contribution in [0.3, 0.4) is 0 Å². The van der Waals surface area contributed by atoms with Crippen molar-refractivity contribution >= 4 is 0 Å². The molecule has 0 aromatic heterocycles. The van der Waals surface area contributed by atoms with E-state index >= 15 is 0 Å². The predicted molar refractivity (Wildman–Crippen MR) is 47.3 cm³/mol. The van der Waals surface area contributed by atoms with Crippen LogP contribution in [0, 0.1) is 31.6 Å². The van der Waals surface area contributed by atoms with Gasteiger partial charge in [-0.2, -0.15) is 5.26 Å². The lowest BCUT2D eigenvalue weighted by Gasteiger charge is -2.20. The first-order valence-electron chi connectivity index (χ1n) is 3.81. The fourth-order valence-electron chi connectivity index (χ4n) is 1.17. The number of allylic oxidation sites excluding steroid dienone is 1. The summed E-state index contributed by atoms with van der Waals surface area (Å²) in [5.41, 5.74) is -0.898. The average Bonchev–Trinajstić information content (AvgIpc) is 2.16. The average molecular weight is 210 g/mol. The number of nitro groups is 2. The molecule has 1 aliphatic heterocycles. The molecule has 1 heterocycles. The molecular weight excluding hydrogens is 204 g/mol. The van der Waals surface area contributed by atoms with Gasteiger partial charge in [-0.3, -0.25) is 20.2 Å². The molecule has 0 spiro atoms. The number of hydrogen-bond donors (Lipinski definition) is 0. The fraction of sp³-hybridized carbons (Fsp3) is 0.286. The van der Waals surface area contributed by atoms with E-state index in [0.717, 1.165) is 17.2 Å². The maximum absolute atomic E-state index is 10.5. The monoisotopic (exact) mass is 210 g/mol. The summed E-state index contributed by atoms with van der Waals surface area (Å²) in [6.45, 7) is 0. The lowest BCUT2D eigenvalue weighted by Crippen LogP contribution is -2.34. The van der Waals surface area contributed by atoms with E-state index in [1.807, 2.05) is 0 Å². The highest BCUT2D eigenvalue weighted by molar-refractivity contribution is 5.27. The van der Waals surface area contributed by atoms with Crippen molar-refractivity contribution in [3.05, 3.63) is 43.9 Å². The Morgan fingerprint density at radius 2 is 2.07 bits per heavy atom. The summed E-state index contributed by atoms with van der Waals surface area (Å²) in [7, 11) is 1.37. The zero-order valence-corrected chi connectivity index (χ0v) is 7.65. The summed E-state index contributed by atoms with van der Waals surface area (Å²) >= 11 is 0. The SMILES string of the molecule is CN1C=C([N+](=O)[O-])C=C([N+](=O)[O-])C1C#N. The maximum Gasteiger partial charge on any atom is 0.291 e. The Balaban J connectivity index is 3.19. The summed E-state index contributed by atoms with van der Waals surface area (Å²) in [5.74, 6) is 0. The summed E-state index contributed by atoms with van der Waals surface area (Å²) in [5, 5.41) is 29.6. The van der Waals surface area contributed by atoms with Gasteiger partial charge in [0, 0.05) is 7.05 Å². The molecule has 0 bridgehead atoms. The van der Waals surface area contributed by atoms with Crippen molar-refractivity contribution in [2.24, 2.45) is 0 Å². The molecule has 1 atom stereocenters.